The molecule has 6 nitrogen and oxygen atoms in total. The quantitative estimate of drug-likeness (QED) is 0.621. The maximum atomic E-state index is 11.8. The van der Waals surface area contributed by atoms with Crippen LogP contribution in [0.15, 0.2) is 18.2 Å². The highest BCUT2D eigenvalue weighted by Crippen LogP contribution is 2.22. The monoisotopic (exact) mass is 250 g/mol. The third kappa shape index (κ3) is 2.48. The van der Waals surface area contributed by atoms with Crippen molar-refractivity contribution >= 4 is 11.6 Å². The Hall–Kier alpha value is -1.95. The summed E-state index contributed by atoms with van der Waals surface area (Å²) in [5, 5.41) is 22.6. The summed E-state index contributed by atoms with van der Waals surface area (Å²) < 4.78 is 0. The van der Waals surface area contributed by atoms with E-state index in [0.717, 1.165) is 0 Å². The molecule has 1 saturated carbocycles. The van der Waals surface area contributed by atoms with Gasteiger partial charge in [-0.15, -0.1) is 0 Å². The minimum absolute atomic E-state index is 0.0344. The van der Waals surface area contributed by atoms with Gasteiger partial charge in [0.15, 0.2) is 0 Å². The average Bonchev–Trinajstić information content (AvgIpc) is 2.27. The number of nitro benzene ring substituents is 1. The van der Waals surface area contributed by atoms with Gasteiger partial charge in [0.25, 0.3) is 11.6 Å². The molecule has 0 spiro atoms. The molecular formula is C12H14N2O4. The number of nitrogens with one attached hydrogen (secondary N) is 1. The van der Waals surface area contributed by atoms with E-state index in [4.69, 9.17) is 5.11 Å². The van der Waals surface area contributed by atoms with Gasteiger partial charge in [-0.25, -0.2) is 0 Å². The summed E-state index contributed by atoms with van der Waals surface area (Å²) in [6.07, 6.45) is 0.738. The molecule has 1 aliphatic rings. The van der Waals surface area contributed by atoms with Crippen molar-refractivity contribution in [3.63, 3.8) is 0 Å². The van der Waals surface area contributed by atoms with E-state index >= 15 is 0 Å². The van der Waals surface area contributed by atoms with Gasteiger partial charge in [-0.3, -0.25) is 14.9 Å². The Labute approximate surface area is 104 Å². The highest BCUT2D eigenvalue weighted by Gasteiger charge is 2.29. The topological polar surface area (TPSA) is 92.5 Å². The first-order valence-corrected chi connectivity index (χ1v) is 5.71. The molecule has 0 bridgehead atoms. The number of hydrogen-bond donors (Lipinski definition) is 2. The predicted molar refractivity (Wildman–Crippen MR) is 64.3 cm³/mol. The molecule has 0 atom stereocenters. The van der Waals surface area contributed by atoms with E-state index in [0.29, 0.717) is 18.4 Å². The highest BCUT2D eigenvalue weighted by molar-refractivity contribution is 5.95. The van der Waals surface area contributed by atoms with Gasteiger partial charge in [0.1, 0.15) is 0 Å². The molecule has 18 heavy (non-hydrogen) atoms. The molecule has 1 aromatic rings. The van der Waals surface area contributed by atoms with E-state index < -0.39 is 4.92 Å². The second-order valence-electron chi connectivity index (χ2n) is 4.55. The Bertz CT molecular complexity index is 495. The number of aliphatic hydroxyl groups is 1. The first-order chi connectivity index (χ1) is 8.47. The highest BCUT2D eigenvalue weighted by atomic mass is 16.6. The number of aliphatic hydroxyl groups excluding tert-OH is 1. The van der Waals surface area contributed by atoms with Gasteiger partial charge in [-0.1, -0.05) is 6.07 Å². The smallest absolute Gasteiger partial charge is 0.273 e. The number of carbonyl (C=O) groups is 1. The molecule has 1 amide bonds. The van der Waals surface area contributed by atoms with Crippen molar-refractivity contribution < 1.29 is 14.8 Å². The molecule has 0 heterocycles. The van der Waals surface area contributed by atoms with E-state index in [1.807, 2.05) is 0 Å². The lowest BCUT2D eigenvalue weighted by molar-refractivity contribution is -0.385. The Morgan fingerprint density at radius 1 is 1.50 bits per heavy atom. The normalized spacial score (nSPS) is 22.1. The number of aryl methyl sites for hydroxylation is 1. The molecule has 6 heteroatoms. The van der Waals surface area contributed by atoms with Gasteiger partial charge in [0, 0.05) is 23.2 Å². The molecule has 2 rings (SSSR count). The summed E-state index contributed by atoms with van der Waals surface area (Å²) in [6.45, 7) is 1.63. The molecule has 0 saturated heterocycles. The summed E-state index contributed by atoms with van der Waals surface area (Å²) >= 11 is 0. The lowest BCUT2D eigenvalue weighted by Gasteiger charge is -2.31. The van der Waals surface area contributed by atoms with Crippen LogP contribution in [0.2, 0.25) is 0 Å². The van der Waals surface area contributed by atoms with Gasteiger partial charge in [0.2, 0.25) is 0 Å². The summed E-state index contributed by atoms with van der Waals surface area (Å²) in [5.41, 5.74) is 0.737. The van der Waals surface area contributed by atoms with Crippen molar-refractivity contribution in [3.05, 3.63) is 39.4 Å². The number of rotatable bonds is 3. The zero-order chi connectivity index (χ0) is 13.3. The van der Waals surface area contributed by atoms with Crippen molar-refractivity contribution in [1.82, 2.24) is 5.32 Å². The molecule has 1 aliphatic carbocycles. The predicted octanol–water partition coefficient (Wildman–Crippen LogP) is 1.16. The molecule has 1 fully saturated rings. The zero-order valence-electron chi connectivity index (χ0n) is 9.92. The number of amides is 1. The molecule has 0 unspecified atom stereocenters. The first-order valence-electron chi connectivity index (χ1n) is 5.71. The lowest BCUT2D eigenvalue weighted by atomic mass is 9.89. The van der Waals surface area contributed by atoms with E-state index in [9.17, 15) is 14.9 Å². The van der Waals surface area contributed by atoms with Gasteiger partial charge in [-0.05, 0) is 25.8 Å². The second kappa shape index (κ2) is 4.73. The van der Waals surface area contributed by atoms with E-state index in [-0.39, 0.29) is 29.3 Å². The largest absolute Gasteiger partial charge is 0.393 e. The number of hydrogen-bond acceptors (Lipinski definition) is 4. The minimum Gasteiger partial charge on any atom is -0.393 e. The first kappa shape index (κ1) is 12.5. The SMILES string of the molecule is Cc1ccc(C(=O)NC2CC(O)C2)cc1[N+](=O)[O-]. The van der Waals surface area contributed by atoms with Gasteiger partial charge in [0.05, 0.1) is 11.0 Å². The fourth-order valence-electron chi connectivity index (χ4n) is 1.92. The Balaban J connectivity index is 2.10. The minimum atomic E-state index is -0.501. The molecule has 0 aromatic heterocycles. The fraction of sp³-hybridized carbons (Fsp3) is 0.417. The van der Waals surface area contributed by atoms with Gasteiger partial charge < -0.3 is 10.4 Å². The molecule has 0 aliphatic heterocycles. The summed E-state index contributed by atoms with van der Waals surface area (Å²) in [4.78, 5) is 22.1. The maximum absolute atomic E-state index is 11.8. The van der Waals surface area contributed by atoms with Crippen LogP contribution in [0.25, 0.3) is 0 Å². The van der Waals surface area contributed by atoms with Crippen molar-refractivity contribution in [3.8, 4) is 0 Å². The average molecular weight is 250 g/mol. The van der Waals surface area contributed by atoms with Crippen LogP contribution in [0, 0.1) is 17.0 Å². The van der Waals surface area contributed by atoms with Crippen LogP contribution < -0.4 is 5.32 Å². The van der Waals surface area contributed by atoms with Crippen molar-refractivity contribution in [2.24, 2.45) is 0 Å². The standard InChI is InChI=1S/C12H14N2O4/c1-7-2-3-8(4-11(7)14(17)18)12(16)13-9-5-10(15)6-9/h2-4,9-10,15H,5-6H2,1H3,(H,13,16). The Kier molecular flexibility index (Phi) is 3.29. The van der Waals surface area contributed by atoms with E-state index in [1.54, 1.807) is 19.1 Å². The molecule has 2 N–H and O–H groups in total. The third-order valence-electron chi connectivity index (χ3n) is 3.12. The van der Waals surface area contributed by atoms with Gasteiger partial charge in [-0.2, -0.15) is 0 Å². The second-order valence-corrected chi connectivity index (χ2v) is 4.55. The molecule has 96 valence electrons. The Morgan fingerprint density at radius 2 is 2.17 bits per heavy atom. The number of nitrogens with zero attached hydrogens (tertiary/aromatic N) is 1. The van der Waals surface area contributed by atoms with Crippen LogP contribution in [0.1, 0.15) is 28.8 Å². The number of carbonyl (C=O) groups excluding carboxylic acids is 1. The van der Waals surface area contributed by atoms with Crippen molar-refractivity contribution in [2.75, 3.05) is 0 Å². The van der Waals surface area contributed by atoms with Crippen LogP contribution in [0.5, 0.6) is 0 Å². The fourth-order valence-corrected chi connectivity index (χ4v) is 1.92. The van der Waals surface area contributed by atoms with Crippen molar-refractivity contribution in [2.45, 2.75) is 31.9 Å². The summed E-state index contributed by atoms with van der Waals surface area (Å²) in [6, 6.07) is 4.36. The summed E-state index contributed by atoms with van der Waals surface area (Å²) in [7, 11) is 0. The van der Waals surface area contributed by atoms with Crippen LogP contribution in [0.4, 0.5) is 5.69 Å². The molecule has 1 aromatic carbocycles. The summed E-state index contributed by atoms with van der Waals surface area (Å²) in [5.74, 6) is -0.338. The van der Waals surface area contributed by atoms with Crippen LogP contribution in [0.3, 0.4) is 0 Å². The molecular weight excluding hydrogens is 236 g/mol. The number of nitro groups is 1. The van der Waals surface area contributed by atoms with E-state index in [1.165, 1.54) is 6.07 Å². The van der Waals surface area contributed by atoms with Crippen LogP contribution in [-0.2, 0) is 0 Å². The number of benzene rings is 1. The zero-order valence-corrected chi connectivity index (χ0v) is 9.92. The Morgan fingerprint density at radius 3 is 2.72 bits per heavy atom. The van der Waals surface area contributed by atoms with Crippen LogP contribution in [-0.4, -0.2) is 28.1 Å². The maximum Gasteiger partial charge on any atom is 0.273 e. The van der Waals surface area contributed by atoms with Gasteiger partial charge >= 0.3 is 0 Å². The third-order valence-corrected chi connectivity index (χ3v) is 3.12. The van der Waals surface area contributed by atoms with E-state index in [2.05, 4.69) is 5.32 Å². The molecule has 0 radical (unpaired) electrons. The van der Waals surface area contributed by atoms with Crippen LogP contribution >= 0.6 is 0 Å². The lowest BCUT2D eigenvalue weighted by Crippen LogP contribution is -2.46. The van der Waals surface area contributed by atoms with Crippen molar-refractivity contribution in [1.29, 1.82) is 0 Å².